The molecule has 3 nitrogen and oxygen atoms in total. The largest absolute Gasteiger partial charge is 0.272 e. The number of hydrogen-bond acceptors (Lipinski definition) is 2. The molecule has 0 radical (unpaired) electrons. The first-order chi connectivity index (χ1) is 4.75. The molecule has 1 aromatic heterocycles. The SMILES string of the molecule is C=Cc1nncn1C(=C)Cl. The monoisotopic (exact) mass is 155 g/mol. The number of aromatic nitrogens is 3. The molecule has 1 rings (SSSR count). The minimum Gasteiger partial charge on any atom is -0.272 e. The lowest BCUT2D eigenvalue weighted by Crippen LogP contribution is -1.90. The third-order valence-corrected chi connectivity index (χ3v) is 1.20. The van der Waals surface area contributed by atoms with E-state index < -0.39 is 0 Å². The molecule has 1 aromatic rings. The minimum atomic E-state index is 0.361. The summed E-state index contributed by atoms with van der Waals surface area (Å²) in [6.07, 6.45) is 3.03. The molecule has 0 bridgehead atoms. The van der Waals surface area contributed by atoms with E-state index in [-0.39, 0.29) is 0 Å². The molecule has 0 aliphatic rings. The van der Waals surface area contributed by atoms with E-state index in [1.54, 1.807) is 6.08 Å². The van der Waals surface area contributed by atoms with Gasteiger partial charge in [0.05, 0.1) is 0 Å². The molecule has 0 saturated carbocycles. The maximum atomic E-state index is 5.57. The van der Waals surface area contributed by atoms with Gasteiger partial charge >= 0.3 is 0 Å². The summed E-state index contributed by atoms with van der Waals surface area (Å²) >= 11 is 5.57. The van der Waals surface area contributed by atoms with Crippen LogP contribution in [0.15, 0.2) is 19.5 Å². The molecule has 0 saturated heterocycles. The molecule has 4 heteroatoms. The topological polar surface area (TPSA) is 30.7 Å². The predicted octanol–water partition coefficient (Wildman–Crippen LogP) is 1.59. The van der Waals surface area contributed by atoms with Gasteiger partial charge in [0, 0.05) is 0 Å². The summed E-state index contributed by atoms with van der Waals surface area (Å²) in [6.45, 7) is 7.03. The number of nitrogens with zero attached hydrogens (tertiary/aromatic N) is 3. The fourth-order valence-electron chi connectivity index (χ4n) is 0.570. The third kappa shape index (κ3) is 1.09. The Kier molecular flexibility index (Phi) is 1.87. The summed E-state index contributed by atoms with van der Waals surface area (Å²) in [6, 6.07) is 0. The molecule has 0 N–H and O–H groups in total. The van der Waals surface area contributed by atoms with Gasteiger partial charge in [0.25, 0.3) is 0 Å². The van der Waals surface area contributed by atoms with E-state index in [0.29, 0.717) is 11.0 Å². The van der Waals surface area contributed by atoms with E-state index in [1.807, 2.05) is 0 Å². The van der Waals surface area contributed by atoms with Crippen molar-refractivity contribution in [3.8, 4) is 0 Å². The van der Waals surface area contributed by atoms with Gasteiger partial charge in [0.1, 0.15) is 11.5 Å². The first-order valence-electron chi connectivity index (χ1n) is 2.63. The standard InChI is InChI=1S/C6H6ClN3/c1-3-6-9-8-4-10(6)5(2)7/h3-4H,1-2H2. The smallest absolute Gasteiger partial charge is 0.161 e. The van der Waals surface area contributed by atoms with Crippen LogP contribution in [-0.4, -0.2) is 14.8 Å². The Morgan fingerprint density at radius 3 is 2.90 bits per heavy atom. The summed E-state index contributed by atoms with van der Waals surface area (Å²) in [5.41, 5.74) is 0. The average molecular weight is 156 g/mol. The second-order valence-corrected chi connectivity index (χ2v) is 2.08. The van der Waals surface area contributed by atoms with Crippen LogP contribution in [0.1, 0.15) is 5.82 Å². The lowest BCUT2D eigenvalue weighted by molar-refractivity contribution is 1.07. The molecule has 0 spiro atoms. The van der Waals surface area contributed by atoms with E-state index in [1.165, 1.54) is 10.9 Å². The highest BCUT2D eigenvalue weighted by atomic mass is 35.5. The minimum absolute atomic E-state index is 0.361. The van der Waals surface area contributed by atoms with Gasteiger partial charge in [-0.15, -0.1) is 10.2 Å². The predicted molar refractivity (Wildman–Crippen MR) is 41.3 cm³/mol. The van der Waals surface area contributed by atoms with E-state index in [4.69, 9.17) is 11.6 Å². The zero-order chi connectivity index (χ0) is 7.56. The second-order valence-electron chi connectivity index (χ2n) is 1.64. The number of halogens is 1. The van der Waals surface area contributed by atoms with E-state index in [0.717, 1.165) is 0 Å². The quantitative estimate of drug-likeness (QED) is 0.650. The van der Waals surface area contributed by atoms with Crippen LogP contribution in [0, 0.1) is 0 Å². The average Bonchev–Trinajstić information content (AvgIpc) is 2.33. The molecule has 52 valence electrons. The van der Waals surface area contributed by atoms with Gasteiger partial charge in [-0.2, -0.15) is 0 Å². The Labute approximate surface area is 63.6 Å². The molecule has 0 atom stereocenters. The second kappa shape index (κ2) is 2.66. The van der Waals surface area contributed by atoms with Gasteiger partial charge in [0.15, 0.2) is 5.82 Å². The van der Waals surface area contributed by atoms with E-state index in [9.17, 15) is 0 Å². The summed E-state index contributed by atoms with van der Waals surface area (Å²) < 4.78 is 1.54. The highest BCUT2D eigenvalue weighted by Crippen LogP contribution is 2.08. The zero-order valence-corrected chi connectivity index (χ0v) is 6.04. The first-order valence-corrected chi connectivity index (χ1v) is 3.00. The van der Waals surface area contributed by atoms with Crippen LogP contribution in [0.5, 0.6) is 0 Å². The maximum absolute atomic E-state index is 5.57. The first kappa shape index (κ1) is 7.02. The van der Waals surface area contributed by atoms with E-state index >= 15 is 0 Å². The van der Waals surface area contributed by atoms with Crippen molar-refractivity contribution < 1.29 is 0 Å². The van der Waals surface area contributed by atoms with Crippen molar-refractivity contribution in [1.29, 1.82) is 0 Å². The summed E-state index contributed by atoms with van der Waals surface area (Å²) in [7, 11) is 0. The van der Waals surface area contributed by atoms with Gasteiger partial charge in [0.2, 0.25) is 0 Å². The van der Waals surface area contributed by atoms with Crippen LogP contribution < -0.4 is 0 Å². The van der Waals surface area contributed by atoms with Crippen LogP contribution >= 0.6 is 11.6 Å². The molecular weight excluding hydrogens is 150 g/mol. The van der Waals surface area contributed by atoms with Crippen molar-refractivity contribution >= 4 is 22.8 Å². The molecule has 0 amide bonds. The summed E-state index contributed by atoms with van der Waals surface area (Å²) in [5.74, 6) is 0.597. The Morgan fingerprint density at radius 2 is 2.50 bits per heavy atom. The number of rotatable bonds is 2. The lowest BCUT2D eigenvalue weighted by Gasteiger charge is -1.96. The van der Waals surface area contributed by atoms with Crippen molar-refractivity contribution in [2.75, 3.05) is 0 Å². The van der Waals surface area contributed by atoms with Gasteiger partial charge < -0.3 is 0 Å². The van der Waals surface area contributed by atoms with Gasteiger partial charge in [-0.25, -0.2) is 0 Å². The van der Waals surface area contributed by atoms with Crippen molar-refractivity contribution in [1.82, 2.24) is 14.8 Å². The lowest BCUT2D eigenvalue weighted by atomic mass is 10.6. The van der Waals surface area contributed by atoms with Crippen molar-refractivity contribution in [2.45, 2.75) is 0 Å². The van der Waals surface area contributed by atoms with Crippen LogP contribution in [0.2, 0.25) is 0 Å². The molecule has 0 unspecified atom stereocenters. The normalized spacial score (nSPS) is 9.30. The molecule has 0 aromatic carbocycles. The van der Waals surface area contributed by atoms with Crippen molar-refractivity contribution in [2.24, 2.45) is 0 Å². The molecule has 10 heavy (non-hydrogen) atoms. The molecule has 0 aliphatic heterocycles. The highest BCUT2D eigenvalue weighted by Gasteiger charge is 1.98. The third-order valence-electron chi connectivity index (χ3n) is 1.02. The van der Waals surface area contributed by atoms with E-state index in [2.05, 4.69) is 23.4 Å². The molecular formula is C6H6ClN3. The van der Waals surface area contributed by atoms with Crippen LogP contribution in [0.4, 0.5) is 0 Å². The van der Waals surface area contributed by atoms with Crippen LogP contribution in [0.3, 0.4) is 0 Å². The Morgan fingerprint density at radius 1 is 1.80 bits per heavy atom. The van der Waals surface area contributed by atoms with Gasteiger partial charge in [-0.05, 0) is 6.08 Å². The molecule has 0 aliphatic carbocycles. The van der Waals surface area contributed by atoms with Crippen LogP contribution in [0.25, 0.3) is 11.2 Å². The Bertz CT molecular complexity index is 264. The summed E-state index contributed by atoms with van der Waals surface area (Å²) in [5, 5.41) is 7.68. The molecule has 0 fully saturated rings. The van der Waals surface area contributed by atoms with Crippen molar-refractivity contribution in [3.05, 3.63) is 25.3 Å². The fourth-order valence-corrected chi connectivity index (χ4v) is 0.700. The fraction of sp³-hybridized carbons (Fsp3) is 0. The summed E-state index contributed by atoms with van der Waals surface area (Å²) in [4.78, 5) is 0. The van der Waals surface area contributed by atoms with Crippen molar-refractivity contribution in [3.63, 3.8) is 0 Å². The maximum Gasteiger partial charge on any atom is 0.161 e. The highest BCUT2D eigenvalue weighted by molar-refractivity contribution is 6.44. The molecule has 1 heterocycles. The zero-order valence-electron chi connectivity index (χ0n) is 5.29. The van der Waals surface area contributed by atoms with Gasteiger partial charge in [-0.3, -0.25) is 4.57 Å². The Hall–Kier alpha value is -1.09. The Balaban J connectivity index is 3.13. The van der Waals surface area contributed by atoms with Gasteiger partial charge in [-0.1, -0.05) is 24.8 Å². The van der Waals surface area contributed by atoms with Crippen LogP contribution in [-0.2, 0) is 0 Å². The number of hydrogen-bond donors (Lipinski definition) is 0.